The summed E-state index contributed by atoms with van der Waals surface area (Å²) in [6.07, 6.45) is 1.77. The molecule has 2 unspecified atom stereocenters. The molecule has 2 aromatic heterocycles. The van der Waals surface area contributed by atoms with Crippen molar-refractivity contribution in [2.45, 2.75) is 38.0 Å². The molecule has 1 aromatic carbocycles. The Balaban J connectivity index is 1.74. The Morgan fingerprint density at radius 2 is 1.79 bits per heavy atom. The van der Waals surface area contributed by atoms with Crippen molar-refractivity contribution in [2.24, 2.45) is 5.41 Å². The number of benzene rings is 1. The molecule has 29 heavy (non-hydrogen) atoms. The summed E-state index contributed by atoms with van der Waals surface area (Å²) in [6.45, 7) is 4.35. The van der Waals surface area contributed by atoms with E-state index >= 15 is 0 Å². The van der Waals surface area contributed by atoms with E-state index in [1.54, 1.807) is 12.1 Å². The van der Waals surface area contributed by atoms with Crippen LogP contribution < -0.4 is 0 Å². The molecule has 2 heterocycles. The second-order valence-electron chi connectivity index (χ2n) is 8.37. The van der Waals surface area contributed by atoms with Gasteiger partial charge in [0.15, 0.2) is 0 Å². The van der Waals surface area contributed by atoms with Crippen LogP contribution in [0.2, 0.25) is 0 Å². The summed E-state index contributed by atoms with van der Waals surface area (Å²) in [6, 6.07) is 13.1. The van der Waals surface area contributed by atoms with Gasteiger partial charge in [-0.05, 0) is 60.1 Å². The average Bonchev–Trinajstić information content (AvgIpc) is 3.09. The normalized spacial score (nSPS) is 23.6. The highest BCUT2D eigenvalue weighted by molar-refractivity contribution is 5.64. The van der Waals surface area contributed by atoms with E-state index in [4.69, 9.17) is 0 Å². The van der Waals surface area contributed by atoms with Gasteiger partial charge in [-0.3, -0.25) is 0 Å². The lowest BCUT2D eigenvalue weighted by Gasteiger charge is -2.37. The lowest BCUT2D eigenvalue weighted by molar-refractivity contribution is 0.243. The minimum atomic E-state index is -0.653. The van der Waals surface area contributed by atoms with Crippen molar-refractivity contribution in [3.63, 3.8) is 0 Å². The molecule has 2 atom stereocenters. The number of rotatable bonds is 2. The van der Waals surface area contributed by atoms with Crippen LogP contribution in [0.25, 0.3) is 11.3 Å². The summed E-state index contributed by atoms with van der Waals surface area (Å²) in [5, 5.41) is 18.0. The Morgan fingerprint density at radius 1 is 1.07 bits per heavy atom. The molecule has 1 saturated carbocycles. The molecule has 1 fully saturated rings. The largest absolute Gasteiger partial charge is 0.241 e. The van der Waals surface area contributed by atoms with Gasteiger partial charge in [-0.25, -0.2) is 13.8 Å². The third-order valence-electron chi connectivity index (χ3n) is 6.90. The zero-order valence-corrected chi connectivity index (χ0v) is 16.1. The van der Waals surface area contributed by atoms with E-state index in [-0.39, 0.29) is 22.6 Å². The molecule has 3 aromatic rings. The van der Waals surface area contributed by atoms with E-state index in [0.717, 1.165) is 29.8 Å². The minimum absolute atomic E-state index is 0.151. The molecular weight excluding hydrogens is 370 g/mol. The number of fused-ring (bicyclic) bond motifs is 5. The molecule has 2 aliphatic carbocycles. The first-order chi connectivity index (χ1) is 13.9. The highest BCUT2D eigenvalue weighted by Gasteiger charge is 2.65. The van der Waals surface area contributed by atoms with Gasteiger partial charge in [0, 0.05) is 0 Å². The first kappa shape index (κ1) is 17.9. The summed E-state index contributed by atoms with van der Waals surface area (Å²) in [7, 11) is 0. The molecular formula is C23H18F2N4. The first-order valence-corrected chi connectivity index (χ1v) is 9.60. The first-order valence-electron chi connectivity index (χ1n) is 9.60. The van der Waals surface area contributed by atoms with Crippen LogP contribution in [0, 0.1) is 28.4 Å². The van der Waals surface area contributed by atoms with Crippen LogP contribution in [0.15, 0.2) is 42.5 Å². The lowest BCUT2D eigenvalue weighted by atomic mass is 9.66. The van der Waals surface area contributed by atoms with E-state index in [2.05, 4.69) is 35.1 Å². The molecule has 2 aliphatic rings. The molecule has 0 amide bonds. The van der Waals surface area contributed by atoms with Crippen molar-refractivity contribution >= 4 is 0 Å². The predicted octanol–water partition coefficient (Wildman–Crippen LogP) is 4.89. The molecule has 6 heteroatoms. The van der Waals surface area contributed by atoms with Gasteiger partial charge >= 0.3 is 0 Å². The molecule has 4 nitrogen and oxygen atoms in total. The van der Waals surface area contributed by atoms with E-state index in [9.17, 15) is 14.0 Å². The minimum Gasteiger partial charge on any atom is -0.241 e. The Morgan fingerprint density at radius 3 is 2.52 bits per heavy atom. The van der Waals surface area contributed by atoms with Crippen LogP contribution in [0.5, 0.6) is 0 Å². The summed E-state index contributed by atoms with van der Waals surface area (Å²) in [5.74, 6) is -1.13. The average molecular weight is 388 g/mol. The summed E-state index contributed by atoms with van der Waals surface area (Å²) < 4.78 is 28.6. The van der Waals surface area contributed by atoms with Crippen LogP contribution in [0.4, 0.5) is 8.78 Å². The fourth-order valence-corrected chi connectivity index (χ4v) is 5.49. The maximum absolute atomic E-state index is 14.3. The smallest absolute Gasteiger partial charge is 0.140 e. The van der Waals surface area contributed by atoms with Gasteiger partial charge in [-0.1, -0.05) is 26.0 Å². The molecule has 0 aliphatic heterocycles. The SMILES string of the molecule is CC1(C)C2CCC1(c1cccc(C#N)n1)c1nnc(-c3c(F)cccc3F)cc12. The zero-order chi connectivity index (χ0) is 20.4. The fraction of sp³-hybridized carbons (Fsp3) is 0.304. The van der Waals surface area contributed by atoms with E-state index < -0.39 is 17.0 Å². The number of pyridine rings is 1. The van der Waals surface area contributed by atoms with Crippen molar-refractivity contribution in [3.05, 3.63) is 76.7 Å². The number of hydrogen-bond acceptors (Lipinski definition) is 4. The number of halogens is 2. The monoisotopic (exact) mass is 388 g/mol. The Hall–Kier alpha value is -3.20. The number of nitriles is 1. The zero-order valence-electron chi connectivity index (χ0n) is 16.1. The van der Waals surface area contributed by atoms with E-state index in [1.165, 1.54) is 18.2 Å². The molecule has 0 radical (unpaired) electrons. The number of aromatic nitrogens is 3. The van der Waals surface area contributed by atoms with Crippen LogP contribution in [0.1, 0.15) is 55.3 Å². The third kappa shape index (κ3) is 2.19. The lowest BCUT2D eigenvalue weighted by Crippen LogP contribution is -2.37. The summed E-state index contributed by atoms with van der Waals surface area (Å²) in [4.78, 5) is 4.60. The van der Waals surface area contributed by atoms with Gasteiger partial charge in [0.2, 0.25) is 0 Å². The van der Waals surface area contributed by atoms with Crippen LogP contribution >= 0.6 is 0 Å². The Kier molecular flexibility index (Phi) is 3.63. The quantitative estimate of drug-likeness (QED) is 0.627. The van der Waals surface area contributed by atoms with Crippen molar-refractivity contribution in [3.8, 4) is 17.3 Å². The van der Waals surface area contributed by atoms with Crippen LogP contribution in [0.3, 0.4) is 0 Å². The Labute approximate surface area is 167 Å². The van der Waals surface area contributed by atoms with Crippen LogP contribution in [-0.2, 0) is 5.41 Å². The molecule has 0 N–H and O–H groups in total. The van der Waals surface area contributed by atoms with Gasteiger partial charge in [0.1, 0.15) is 23.4 Å². The molecule has 144 valence electrons. The number of hydrogen-bond donors (Lipinski definition) is 0. The highest BCUT2D eigenvalue weighted by atomic mass is 19.1. The third-order valence-corrected chi connectivity index (χ3v) is 6.90. The fourth-order valence-electron chi connectivity index (χ4n) is 5.49. The van der Waals surface area contributed by atoms with E-state index in [1.807, 2.05) is 12.1 Å². The number of nitrogens with zero attached hydrogens (tertiary/aromatic N) is 4. The highest BCUT2D eigenvalue weighted by Crippen LogP contribution is 2.69. The maximum Gasteiger partial charge on any atom is 0.140 e. The second kappa shape index (κ2) is 5.90. The molecule has 2 bridgehead atoms. The molecule has 0 spiro atoms. The molecule has 0 saturated heterocycles. The van der Waals surface area contributed by atoms with Crippen molar-refractivity contribution in [1.29, 1.82) is 5.26 Å². The standard InChI is InChI=1S/C23H18F2N4/c1-22(2)15-9-10-23(22,19-8-3-5-13(12-26)27-19)21-14(15)11-18(28-29-21)20-16(24)6-4-7-17(20)25/h3-8,11,15H,9-10H2,1-2H3. The van der Waals surface area contributed by atoms with Gasteiger partial charge in [-0.15, -0.1) is 5.10 Å². The van der Waals surface area contributed by atoms with Crippen molar-refractivity contribution in [2.75, 3.05) is 0 Å². The van der Waals surface area contributed by atoms with Gasteiger partial charge < -0.3 is 0 Å². The second-order valence-corrected chi connectivity index (χ2v) is 8.37. The Bertz CT molecular complexity index is 1180. The van der Waals surface area contributed by atoms with E-state index in [0.29, 0.717) is 5.69 Å². The summed E-state index contributed by atoms with van der Waals surface area (Å²) >= 11 is 0. The van der Waals surface area contributed by atoms with Gasteiger partial charge in [0.25, 0.3) is 0 Å². The van der Waals surface area contributed by atoms with Crippen molar-refractivity contribution in [1.82, 2.24) is 15.2 Å². The van der Waals surface area contributed by atoms with Gasteiger partial charge in [0.05, 0.1) is 28.1 Å². The predicted molar refractivity (Wildman–Crippen MR) is 103 cm³/mol. The summed E-state index contributed by atoms with van der Waals surface area (Å²) in [5.41, 5.74) is 2.32. The van der Waals surface area contributed by atoms with Gasteiger partial charge in [-0.2, -0.15) is 10.4 Å². The van der Waals surface area contributed by atoms with Crippen LogP contribution in [-0.4, -0.2) is 15.2 Å². The maximum atomic E-state index is 14.3. The van der Waals surface area contributed by atoms with Crippen molar-refractivity contribution < 1.29 is 8.78 Å². The molecule has 5 rings (SSSR count). The topological polar surface area (TPSA) is 62.5 Å².